The number of rotatable bonds is 5. The van der Waals surface area contributed by atoms with Crippen molar-refractivity contribution in [3.8, 4) is 5.75 Å². The number of urea groups is 1. The van der Waals surface area contributed by atoms with E-state index in [4.69, 9.17) is 4.74 Å². The van der Waals surface area contributed by atoms with Crippen molar-refractivity contribution in [1.29, 1.82) is 0 Å². The van der Waals surface area contributed by atoms with Gasteiger partial charge in [0.05, 0.1) is 7.11 Å². The number of piperidine rings is 1. The van der Waals surface area contributed by atoms with Crippen LogP contribution in [0.25, 0.3) is 0 Å². The number of aryl methyl sites for hydroxylation is 1. The molecule has 0 unspecified atom stereocenters. The van der Waals surface area contributed by atoms with Crippen LogP contribution in [0.5, 0.6) is 5.75 Å². The fourth-order valence-corrected chi connectivity index (χ4v) is 3.20. The van der Waals surface area contributed by atoms with E-state index >= 15 is 0 Å². The van der Waals surface area contributed by atoms with Crippen LogP contribution >= 0.6 is 0 Å². The van der Waals surface area contributed by atoms with Crippen LogP contribution in [0.3, 0.4) is 0 Å². The van der Waals surface area contributed by atoms with Gasteiger partial charge in [0.15, 0.2) is 0 Å². The van der Waals surface area contributed by atoms with Crippen molar-refractivity contribution < 1.29 is 14.3 Å². The maximum atomic E-state index is 12.1. The van der Waals surface area contributed by atoms with Crippen molar-refractivity contribution in [2.75, 3.05) is 23.9 Å². The number of carbonyl (C=O) groups is 2. The minimum atomic E-state index is -0.271. The van der Waals surface area contributed by atoms with Gasteiger partial charge in [0.1, 0.15) is 5.75 Å². The molecule has 0 spiro atoms. The zero-order valence-corrected chi connectivity index (χ0v) is 15.7. The van der Waals surface area contributed by atoms with Crippen LogP contribution in [0.4, 0.5) is 16.2 Å². The summed E-state index contributed by atoms with van der Waals surface area (Å²) in [4.78, 5) is 26.1. The first-order valence-corrected chi connectivity index (χ1v) is 9.15. The van der Waals surface area contributed by atoms with Gasteiger partial charge in [-0.15, -0.1) is 0 Å². The molecule has 2 N–H and O–H groups in total. The van der Waals surface area contributed by atoms with E-state index in [0.29, 0.717) is 18.7 Å². The van der Waals surface area contributed by atoms with Gasteiger partial charge in [0.2, 0.25) is 5.91 Å². The van der Waals surface area contributed by atoms with Crippen molar-refractivity contribution >= 4 is 23.3 Å². The molecular formula is C21H25N3O3. The molecule has 0 aromatic heterocycles. The molecule has 2 aromatic rings. The lowest BCUT2D eigenvalue weighted by Gasteiger charge is -2.28. The summed E-state index contributed by atoms with van der Waals surface area (Å²) >= 11 is 0. The molecule has 0 atom stereocenters. The van der Waals surface area contributed by atoms with E-state index in [2.05, 4.69) is 10.6 Å². The average molecular weight is 367 g/mol. The molecule has 1 heterocycles. The second kappa shape index (κ2) is 8.58. The summed E-state index contributed by atoms with van der Waals surface area (Å²) in [5, 5.41) is 5.67. The molecule has 2 aromatic carbocycles. The Kier molecular flexibility index (Phi) is 5.96. The first-order valence-electron chi connectivity index (χ1n) is 9.15. The Morgan fingerprint density at radius 2 is 1.93 bits per heavy atom. The molecule has 6 nitrogen and oxygen atoms in total. The fraction of sp³-hybridized carbons (Fsp3) is 0.333. The van der Waals surface area contributed by atoms with E-state index in [1.807, 2.05) is 54.3 Å². The van der Waals surface area contributed by atoms with Gasteiger partial charge < -0.3 is 20.3 Å². The van der Waals surface area contributed by atoms with Crippen molar-refractivity contribution in [3.05, 3.63) is 53.6 Å². The molecule has 3 amide bonds. The molecule has 142 valence electrons. The topological polar surface area (TPSA) is 70.7 Å². The lowest BCUT2D eigenvalue weighted by molar-refractivity contribution is -0.119. The summed E-state index contributed by atoms with van der Waals surface area (Å²) in [6.45, 7) is 3.14. The molecule has 0 aliphatic carbocycles. The minimum Gasteiger partial charge on any atom is -0.497 e. The number of methoxy groups -OCH3 is 1. The number of hydrogen-bond acceptors (Lipinski definition) is 3. The summed E-state index contributed by atoms with van der Waals surface area (Å²) in [7, 11) is 1.62. The van der Waals surface area contributed by atoms with Gasteiger partial charge in [-0.1, -0.05) is 12.1 Å². The number of anilines is 2. The predicted octanol–water partition coefficient (Wildman–Crippen LogP) is 3.84. The molecule has 1 aliphatic heterocycles. The van der Waals surface area contributed by atoms with E-state index in [1.165, 1.54) is 0 Å². The quantitative estimate of drug-likeness (QED) is 0.843. The van der Waals surface area contributed by atoms with Gasteiger partial charge in [0.25, 0.3) is 0 Å². The Balaban J connectivity index is 1.57. The highest BCUT2D eigenvalue weighted by Gasteiger charge is 2.21. The summed E-state index contributed by atoms with van der Waals surface area (Å²) in [6.07, 6.45) is 2.59. The zero-order valence-electron chi connectivity index (χ0n) is 15.7. The largest absolute Gasteiger partial charge is 0.497 e. The van der Waals surface area contributed by atoms with Crippen molar-refractivity contribution in [2.24, 2.45) is 0 Å². The molecule has 6 heteroatoms. The predicted molar refractivity (Wildman–Crippen MR) is 106 cm³/mol. The first-order chi connectivity index (χ1) is 13.1. The lowest BCUT2D eigenvalue weighted by Crippen LogP contribution is -2.35. The van der Waals surface area contributed by atoms with Crippen LogP contribution < -0.4 is 20.3 Å². The SMILES string of the molecule is COc1ccc(CNC(=O)Nc2ccc(N3CCCCC3=O)c(C)c2)cc1. The monoisotopic (exact) mass is 367 g/mol. The number of amides is 3. The van der Waals surface area contributed by atoms with Crippen LogP contribution in [0.1, 0.15) is 30.4 Å². The summed E-state index contributed by atoms with van der Waals surface area (Å²) < 4.78 is 5.12. The van der Waals surface area contributed by atoms with E-state index < -0.39 is 0 Å². The summed E-state index contributed by atoms with van der Waals surface area (Å²) in [6, 6.07) is 12.9. The maximum absolute atomic E-state index is 12.1. The van der Waals surface area contributed by atoms with Crippen LogP contribution in [0, 0.1) is 6.92 Å². The first kappa shape index (κ1) is 18.8. The summed E-state index contributed by atoms with van der Waals surface area (Å²) in [5.74, 6) is 0.952. The Labute approximate surface area is 159 Å². The van der Waals surface area contributed by atoms with Gasteiger partial charge in [0, 0.05) is 30.9 Å². The van der Waals surface area contributed by atoms with Crippen LogP contribution in [0.15, 0.2) is 42.5 Å². The molecule has 1 saturated heterocycles. The van der Waals surface area contributed by atoms with Crippen molar-refractivity contribution in [2.45, 2.75) is 32.7 Å². The number of carbonyl (C=O) groups excluding carboxylic acids is 2. The Bertz CT molecular complexity index is 818. The number of nitrogens with one attached hydrogen (secondary N) is 2. The minimum absolute atomic E-state index is 0.169. The normalized spacial score (nSPS) is 14.0. The highest BCUT2D eigenvalue weighted by Crippen LogP contribution is 2.27. The van der Waals surface area contributed by atoms with Crippen LogP contribution in [-0.2, 0) is 11.3 Å². The summed E-state index contributed by atoms with van der Waals surface area (Å²) in [5.41, 5.74) is 3.58. The molecule has 0 saturated carbocycles. The van der Waals surface area contributed by atoms with Crippen molar-refractivity contribution in [3.63, 3.8) is 0 Å². The Morgan fingerprint density at radius 1 is 1.15 bits per heavy atom. The Hall–Kier alpha value is -3.02. The highest BCUT2D eigenvalue weighted by atomic mass is 16.5. The molecule has 0 bridgehead atoms. The third-order valence-corrected chi connectivity index (χ3v) is 4.68. The Morgan fingerprint density at radius 3 is 2.59 bits per heavy atom. The van der Waals surface area contributed by atoms with Gasteiger partial charge in [-0.05, 0) is 61.2 Å². The van der Waals surface area contributed by atoms with Gasteiger partial charge in [-0.2, -0.15) is 0 Å². The van der Waals surface area contributed by atoms with Gasteiger partial charge in [-0.3, -0.25) is 4.79 Å². The van der Waals surface area contributed by atoms with Crippen molar-refractivity contribution in [1.82, 2.24) is 5.32 Å². The third kappa shape index (κ3) is 4.78. The number of hydrogen-bond donors (Lipinski definition) is 2. The van der Waals surface area contributed by atoms with E-state index in [1.54, 1.807) is 7.11 Å². The molecule has 27 heavy (non-hydrogen) atoms. The van der Waals surface area contributed by atoms with E-state index in [-0.39, 0.29) is 11.9 Å². The molecule has 1 aliphatic rings. The highest BCUT2D eigenvalue weighted by molar-refractivity contribution is 5.95. The fourth-order valence-electron chi connectivity index (χ4n) is 3.20. The second-order valence-electron chi connectivity index (χ2n) is 6.66. The number of benzene rings is 2. The number of ether oxygens (including phenoxy) is 1. The van der Waals surface area contributed by atoms with Gasteiger partial charge in [-0.25, -0.2) is 4.79 Å². The molecule has 0 radical (unpaired) electrons. The van der Waals surface area contributed by atoms with Crippen LogP contribution in [-0.4, -0.2) is 25.6 Å². The third-order valence-electron chi connectivity index (χ3n) is 4.68. The zero-order chi connectivity index (χ0) is 19.2. The molecule has 3 rings (SSSR count). The van der Waals surface area contributed by atoms with E-state index in [0.717, 1.165) is 42.0 Å². The number of nitrogens with zero attached hydrogens (tertiary/aromatic N) is 1. The second-order valence-corrected chi connectivity index (χ2v) is 6.66. The maximum Gasteiger partial charge on any atom is 0.319 e. The average Bonchev–Trinajstić information content (AvgIpc) is 2.68. The van der Waals surface area contributed by atoms with E-state index in [9.17, 15) is 9.59 Å². The molecule has 1 fully saturated rings. The standard InChI is InChI=1S/C21H25N3O3/c1-15-13-17(8-11-19(15)24-12-4-3-5-20(24)25)23-21(26)22-14-16-6-9-18(27-2)10-7-16/h6-11,13H,3-5,12,14H2,1-2H3,(H2,22,23,26). The lowest BCUT2D eigenvalue weighted by atomic mass is 10.1. The molecular weight excluding hydrogens is 342 g/mol. The smallest absolute Gasteiger partial charge is 0.319 e. The van der Waals surface area contributed by atoms with Crippen LogP contribution in [0.2, 0.25) is 0 Å². The van der Waals surface area contributed by atoms with Gasteiger partial charge >= 0.3 is 6.03 Å².